The van der Waals surface area contributed by atoms with Crippen LogP contribution in [0.1, 0.15) is 31.1 Å². The van der Waals surface area contributed by atoms with Crippen LogP contribution >= 0.6 is 0 Å². The van der Waals surface area contributed by atoms with E-state index in [1.165, 1.54) is 12.8 Å². The first-order chi connectivity index (χ1) is 9.92. The van der Waals surface area contributed by atoms with E-state index in [1.807, 2.05) is 24.4 Å². The molecule has 0 amide bonds. The van der Waals surface area contributed by atoms with E-state index in [1.54, 1.807) is 6.26 Å². The summed E-state index contributed by atoms with van der Waals surface area (Å²) in [5.41, 5.74) is 3.02. The first-order valence-electron chi connectivity index (χ1n) is 7.17. The van der Waals surface area contributed by atoms with Crippen molar-refractivity contribution in [2.24, 2.45) is 0 Å². The summed E-state index contributed by atoms with van der Waals surface area (Å²) in [7, 11) is 0. The van der Waals surface area contributed by atoms with Crippen molar-refractivity contribution in [3.63, 3.8) is 0 Å². The molecular formula is C16H17N3O. The quantitative estimate of drug-likeness (QED) is 0.745. The van der Waals surface area contributed by atoms with Crippen LogP contribution in [0.3, 0.4) is 0 Å². The third kappa shape index (κ3) is 1.93. The second-order valence-corrected chi connectivity index (χ2v) is 5.33. The van der Waals surface area contributed by atoms with E-state index in [9.17, 15) is 0 Å². The molecule has 0 aliphatic carbocycles. The topological polar surface area (TPSA) is 53.9 Å². The Morgan fingerprint density at radius 3 is 3.05 bits per heavy atom. The van der Waals surface area contributed by atoms with Crippen LogP contribution in [0.15, 0.2) is 41.1 Å². The van der Waals surface area contributed by atoms with Crippen LogP contribution in [0.2, 0.25) is 0 Å². The number of aromatic nitrogens is 2. The van der Waals surface area contributed by atoms with Crippen LogP contribution in [0.4, 0.5) is 0 Å². The molecular weight excluding hydrogens is 250 g/mol. The lowest BCUT2D eigenvalue weighted by atomic mass is 10.0. The number of H-pyrrole nitrogens is 1. The summed E-state index contributed by atoms with van der Waals surface area (Å²) in [6.45, 7) is 1.08. The first-order valence-corrected chi connectivity index (χ1v) is 7.17. The second kappa shape index (κ2) is 4.80. The number of hydrogen-bond acceptors (Lipinski definition) is 3. The Hall–Kier alpha value is -2.07. The summed E-state index contributed by atoms with van der Waals surface area (Å²) in [4.78, 5) is 7.99. The van der Waals surface area contributed by atoms with Crippen LogP contribution in [0.25, 0.3) is 22.2 Å². The van der Waals surface area contributed by atoms with E-state index in [2.05, 4.69) is 21.4 Å². The normalized spacial score (nSPS) is 19.5. The third-order valence-corrected chi connectivity index (χ3v) is 4.01. The van der Waals surface area contributed by atoms with E-state index in [4.69, 9.17) is 4.42 Å². The highest BCUT2D eigenvalue weighted by atomic mass is 16.3. The molecule has 3 heterocycles. The van der Waals surface area contributed by atoms with E-state index in [-0.39, 0.29) is 0 Å². The molecule has 1 atom stereocenters. The molecule has 2 aromatic heterocycles. The van der Waals surface area contributed by atoms with Gasteiger partial charge in [0.2, 0.25) is 0 Å². The summed E-state index contributed by atoms with van der Waals surface area (Å²) in [6.07, 6.45) is 7.39. The van der Waals surface area contributed by atoms with E-state index in [0.717, 1.165) is 41.0 Å². The first kappa shape index (κ1) is 11.7. The van der Waals surface area contributed by atoms with Gasteiger partial charge in [-0.05, 0) is 25.5 Å². The Bertz CT molecular complexity index is 722. The molecule has 3 aromatic rings. The highest BCUT2D eigenvalue weighted by Gasteiger charge is 2.18. The monoisotopic (exact) mass is 267 g/mol. The fourth-order valence-corrected chi connectivity index (χ4v) is 2.92. The molecule has 0 spiro atoms. The van der Waals surface area contributed by atoms with Gasteiger partial charge >= 0.3 is 0 Å². The maximum absolute atomic E-state index is 5.59. The number of piperidine rings is 1. The van der Waals surface area contributed by atoms with Gasteiger partial charge in [0, 0.05) is 10.9 Å². The maximum atomic E-state index is 5.59. The van der Waals surface area contributed by atoms with Gasteiger partial charge in [-0.1, -0.05) is 24.6 Å². The molecule has 1 fully saturated rings. The molecule has 4 heteroatoms. The standard InChI is InChI=1S/C16H17N3O/c1-2-7-15-11(5-1)12(10-20-15)14-9-18-16(19-14)13-6-3-4-8-17-13/h1-2,5,7,9-10,13,17H,3-4,6,8H2,(H,18,19). The fraction of sp³-hybridized carbons (Fsp3) is 0.312. The molecule has 1 aliphatic rings. The molecule has 4 rings (SSSR count). The minimum Gasteiger partial charge on any atom is -0.464 e. The van der Waals surface area contributed by atoms with Crippen LogP contribution < -0.4 is 5.32 Å². The van der Waals surface area contributed by atoms with Gasteiger partial charge in [-0.25, -0.2) is 4.98 Å². The molecule has 0 radical (unpaired) electrons. The molecule has 2 N–H and O–H groups in total. The van der Waals surface area contributed by atoms with Crippen molar-refractivity contribution in [3.8, 4) is 11.3 Å². The highest BCUT2D eigenvalue weighted by molar-refractivity contribution is 5.92. The van der Waals surface area contributed by atoms with Gasteiger partial charge in [-0.2, -0.15) is 0 Å². The van der Waals surface area contributed by atoms with Crippen LogP contribution in [0, 0.1) is 0 Å². The molecule has 1 unspecified atom stereocenters. The average Bonchev–Trinajstić information content (AvgIpc) is 3.14. The molecule has 0 bridgehead atoms. The zero-order valence-electron chi connectivity index (χ0n) is 11.2. The number of nitrogens with one attached hydrogen (secondary N) is 2. The predicted molar refractivity (Wildman–Crippen MR) is 78.4 cm³/mol. The Balaban J connectivity index is 1.70. The highest BCUT2D eigenvalue weighted by Crippen LogP contribution is 2.30. The van der Waals surface area contributed by atoms with E-state index >= 15 is 0 Å². The number of para-hydroxylation sites is 1. The largest absolute Gasteiger partial charge is 0.464 e. The molecule has 0 saturated carbocycles. The van der Waals surface area contributed by atoms with Crippen LogP contribution in [0.5, 0.6) is 0 Å². The number of nitrogens with zero attached hydrogens (tertiary/aromatic N) is 1. The maximum Gasteiger partial charge on any atom is 0.134 e. The number of furan rings is 1. The third-order valence-electron chi connectivity index (χ3n) is 4.01. The summed E-state index contributed by atoms with van der Waals surface area (Å²) < 4.78 is 5.59. The summed E-state index contributed by atoms with van der Waals surface area (Å²) in [5, 5.41) is 4.64. The molecule has 1 saturated heterocycles. The van der Waals surface area contributed by atoms with Crippen molar-refractivity contribution in [3.05, 3.63) is 42.5 Å². The van der Waals surface area contributed by atoms with E-state index < -0.39 is 0 Å². The van der Waals surface area contributed by atoms with Crippen molar-refractivity contribution in [2.45, 2.75) is 25.3 Å². The van der Waals surface area contributed by atoms with Crippen molar-refractivity contribution in [1.29, 1.82) is 0 Å². The van der Waals surface area contributed by atoms with Gasteiger partial charge in [0.15, 0.2) is 0 Å². The van der Waals surface area contributed by atoms with Gasteiger partial charge in [0.1, 0.15) is 17.7 Å². The Morgan fingerprint density at radius 2 is 2.15 bits per heavy atom. The van der Waals surface area contributed by atoms with Gasteiger partial charge in [0.05, 0.1) is 17.9 Å². The van der Waals surface area contributed by atoms with Gasteiger partial charge in [-0.15, -0.1) is 0 Å². The minimum absolute atomic E-state index is 0.357. The smallest absolute Gasteiger partial charge is 0.134 e. The van der Waals surface area contributed by atoms with Gasteiger partial charge in [0.25, 0.3) is 0 Å². The van der Waals surface area contributed by atoms with Crippen LogP contribution in [-0.2, 0) is 0 Å². The van der Waals surface area contributed by atoms with Crippen molar-refractivity contribution < 1.29 is 4.42 Å². The van der Waals surface area contributed by atoms with Crippen molar-refractivity contribution in [2.75, 3.05) is 6.54 Å². The number of aromatic amines is 1. The number of hydrogen-bond donors (Lipinski definition) is 2. The van der Waals surface area contributed by atoms with Gasteiger partial charge in [-0.3, -0.25) is 0 Å². The Morgan fingerprint density at radius 1 is 1.20 bits per heavy atom. The summed E-state index contributed by atoms with van der Waals surface area (Å²) in [6, 6.07) is 8.43. The molecule has 1 aromatic carbocycles. The lowest BCUT2D eigenvalue weighted by Crippen LogP contribution is -2.27. The number of benzene rings is 1. The molecule has 20 heavy (non-hydrogen) atoms. The average molecular weight is 267 g/mol. The Kier molecular flexibility index (Phi) is 2.81. The summed E-state index contributed by atoms with van der Waals surface area (Å²) >= 11 is 0. The lowest BCUT2D eigenvalue weighted by molar-refractivity contribution is 0.399. The molecule has 1 aliphatic heterocycles. The van der Waals surface area contributed by atoms with Crippen molar-refractivity contribution in [1.82, 2.24) is 15.3 Å². The number of imidazole rings is 1. The fourth-order valence-electron chi connectivity index (χ4n) is 2.92. The number of fused-ring (bicyclic) bond motifs is 1. The number of rotatable bonds is 2. The second-order valence-electron chi connectivity index (χ2n) is 5.33. The zero-order valence-corrected chi connectivity index (χ0v) is 11.2. The lowest BCUT2D eigenvalue weighted by Gasteiger charge is -2.21. The summed E-state index contributed by atoms with van der Waals surface area (Å²) in [5.74, 6) is 1.03. The Labute approximate surface area is 117 Å². The van der Waals surface area contributed by atoms with Gasteiger partial charge < -0.3 is 14.7 Å². The van der Waals surface area contributed by atoms with Crippen molar-refractivity contribution >= 4 is 11.0 Å². The van der Waals surface area contributed by atoms with Crippen LogP contribution in [-0.4, -0.2) is 16.5 Å². The SMILES string of the molecule is c1ccc2c(-c3cnc(C4CCCCN4)[nH]3)coc2c1. The zero-order chi connectivity index (χ0) is 13.4. The minimum atomic E-state index is 0.357. The van der Waals surface area contributed by atoms with E-state index in [0.29, 0.717) is 6.04 Å². The molecule has 102 valence electrons. The molecule has 4 nitrogen and oxygen atoms in total. The predicted octanol–water partition coefficient (Wildman–Crippen LogP) is 3.64.